The summed E-state index contributed by atoms with van der Waals surface area (Å²) in [7, 11) is 0. The Morgan fingerprint density at radius 3 is 2.79 bits per heavy atom. The Kier molecular flexibility index (Phi) is 5.39. The first-order chi connectivity index (χ1) is 9.19. The maximum Gasteiger partial charge on any atom is 0.123 e. The van der Waals surface area contributed by atoms with Gasteiger partial charge in [-0.05, 0) is 30.7 Å². The van der Waals surface area contributed by atoms with Crippen LogP contribution in [0.1, 0.15) is 23.9 Å². The third-order valence-electron chi connectivity index (χ3n) is 2.64. The maximum absolute atomic E-state index is 12.7. The molecule has 6 heteroatoms. The van der Waals surface area contributed by atoms with Crippen LogP contribution in [0.5, 0.6) is 0 Å². The van der Waals surface area contributed by atoms with Gasteiger partial charge >= 0.3 is 0 Å². The van der Waals surface area contributed by atoms with Gasteiger partial charge in [-0.25, -0.2) is 4.39 Å². The van der Waals surface area contributed by atoms with Crippen molar-refractivity contribution in [1.29, 1.82) is 0 Å². The third kappa shape index (κ3) is 4.31. The Morgan fingerprint density at radius 1 is 1.37 bits per heavy atom. The Morgan fingerprint density at radius 2 is 2.11 bits per heavy atom. The number of rotatable bonds is 6. The number of nitrogens with zero attached hydrogens (tertiary/aromatic N) is 3. The summed E-state index contributed by atoms with van der Waals surface area (Å²) in [6.07, 6.45) is 2.96. The highest BCUT2D eigenvalue weighted by atomic mass is 79.9. The quantitative estimate of drug-likeness (QED) is 0.585. The lowest BCUT2D eigenvalue weighted by Crippen LogP contribution is -2.01. The predicted octanol–water partition coefficient (Wildman–Crippen LogP) is 4.06. The lowest BCUT2D eigenvalue weighted by Gasteiger charge is -2.02. The summed E-state index contributed by atoms with van der Waals surface area (Å²) in [5, 5.41) is 8.23. The van der Waals surface area contributed by atoms with E-state index in [2.05, 4.69) is 33.2 Å². The van der Waals surface area contributed by atoms with Crippen molar-refractivity contribution in [2.45, 2.75) is 29.6 Å². The van der Waals surface area contributed by atoms with Crippen LogP contribution in [0.4, 0.5) is 4.39 Å². The molecule has 0 saturated carbocycles. The van der Waals surface area contributed by atoms with Crippen LogP contribution in [0.15, 0.2) is 35.4 Å². The zero-order valence-corrected chi connectivity index (χ0v) is 13.0. The molecule has 1 aromatic carbocycles. The molecular weight excluding hydrogens is 329 g/mol. The standard InChI is InChI=1S/C13H15BrFN3S/c1-2-12(14)13-9-18(17-16-13)7-8-19-11-5-3-10(15)4-6-11/h3-6,9,12H,2,7-8H2,1H3. The van der Waals surface area contributed by atoms with Crippen LogP contribution in [-0.4, -0.2) is 20.7 Å². The molecule has 0 aliphatic heterocycles. The summed E-state index contributed by atoms with van der Waals surface area (Å²) in [5.41, 5.74) is 0.967. The zero-order chi connectivity index (χ0) is 13.7. The van der Waals surface area contributed by atoms with E-state index in [-0.39, 0.29) is 10.6 Å². The van der Waals surface area contributed by atoms with Crippen LogP contribution in [0, 0.1) is 5.82 Å². The van der Waals surface area contributed by atoms with E-state index in [0.29, 0.717) is 0 Å². The summed E-state index contributed by atoms with van der Waals surface area (Å²) >= 11 is 5.23. The van der Waals surface area contributed by atoms with Crippen molar-refractivity contribution < 1.29 is 4.39 Å². The molecular formula is C13H15BrFN3S. The number of alkyl halides is 1. The van der Waals surface area contributed by atoms with Crippen LogP contribution < -0.4 is 0 Å². The summed E-state index contributed by atoms with van der Waals surface area (Å²) < 4.78 is 14.6. The number of halogens is 2. The van der Waals surface area contributed by atoms with Gasteiger partial charge in [-0.1, -0.05) is 28.1 Å². The van der Waals surface area contributed by atoms with Crippen molar-refractivity contribution in [2.75, 3.05) is 5.75 Å². The largest absolute Gasteiger partial charge is 0.251 e. The van der Waals surface area contributed by atoms with Crippen molar-refractivity contribution >= 4 is 27.7 Å². The topological polar surface area (TPSA) is 30.7 Å². The van der Waals surface area contributed by atoms with Crippen LogP contribution in [0.25, 0.3) is 0 Å². The number of aryl methyl sites for hydroxylation is 1. The maximum atomic E-state index is 12.7. The van der Waals surface area contributed by atoms with Gasteiger partial charge < -0.3 is 0 Å². The predicted molar refractivity (Wildman–Crippen MR) is 79.1 cm³/mol. The molecule has 0 radical (unpaired) electrons. The van der Waals surface area contributed by atoms with Gasteiger partial charge in [-0.15, -0.1) is 16.9 Å². The number of thioether (sulfide) groups is 1. The first kappa shape index (κ1) is 14.5. The second-order valence-electron chi connectivity index (χ2n) is 4.08. The molecule has 0 amide bonds. The zero-order valence-electron chi connectivity index (χ0n) is 10.6. The molecule has 2 aromatic rings. The summed E-state index contributed by atoms with van der Waals surface area (Å²) in [6, 6.07) is 6.54. The minimum absolute atomic E-state index is 0.201. The van der Waals surface area contributed by atoms with E-state index in [4.69, 9.17) is 0 Å². The number of hydrogen-bond donors (Lipinski definition) is 0. The van der Waals surface area contributed by atoms with Crippen LogP contribution >= 0.6 is 27.7 Å². The first-order valence-corrected chi connectivity index (χ1v) is 8.01. The Balaban J connectivity index is 1.82. The van der Waals surface area contributed by atoms with Crippen molar-refractivity contribution in [2.24, 2.45) is 0 Å². The average Bonchev–Trinajstić information content (AvgIpc) is 2.89. The minimum Gasteiger partial charge on any atom is -0.251 e. The first-order valence-electron chi connectivity index (χ1n) is 6.11. The van der Waals surface area contributed by atoms with Crippen molar-refractivity contribution in [3.63, 3.8) is 0 Å². The van der Waals surface area contributed by atoms with Gasteiger partial charge in [0.15, 0.2) is 0 Å². The van der Waals surface area contributed by atoms with Gasteiger partial charge in [-0.2, -0.15) is 0 Å². The van der Waals surface area contributed by atoms with Gasteiger partial charge in [-0.3, -0.25) is 4.68 Å². The van der Waals surface area contributed by atoms with Crippen LogP contribution in [0.2, 0.25) is 0 Å². The number of hydrogen-bond acceptors (Lipinski definition) is 3. The molecule has 1 atom stereocenters. The average molecular weight is 344 g/mol. The fourth-order valence-corrected chi connectivity index (χ4v) is 2.62. The lowest BCUT2D eigenvalue weighted by molar-refractivity contribution is 0.626. The molecule has 0 saturated heterocycles. The molecule has 0 aliphatic rings. The minimum atomic E-state index is -0.201. The van der Waals surface area contributed by atoms with E-state index in [9.17, 15) is 4.39 Å². The van der Waals surface area contributed by atoms with E-state index < -0.39 is 0 Å². The molecule has 0 fully saturated rings. The van der Waals surface area contributed by atoms with Gasteiger partial charge in [0.25, 0.3) is 0 Å². The molecule has 3 nitrogen and oxygen atoms in total. The molecule has 0 spiro atoms. The van der Waals surface area contributed by atoms with Crippen molar-refractivity contribution in [3.05, 3.63) is 42.0 Å². The normalized spacial score (nSPS) is 12.6. The third-order valence-corrected chi connectivity index (χ3v) is 4.75. The van der Waals surface area contributed by atoms with Crippen molar-refractivity contribution in [3.8, 4) is 0 Å². The number of aromatic nitrogens is 3. The molecule has 1 aromatic heterocycles. The fourth-order valence-electron chi connectivity index (χ4n) is 1.56. The van der Waals surface area contributed by atoms with Gasteiger partial charge in [0.05, 0.1) is 17.1 Å². The smallest absolute Gasteiger partial charge is 0.123 e. The molecule has 1 unspecified atom stereocenters. The fraction of sp³-hybridized carbons (Fsp3) is 0.385. The van der Waals surface area contributed by atoms with E-state index >= 15 is 0 Å². The van der Waals surface area contributed by atoms with Gasteiger partial charge in [0, 0.05) is 16.8 Å². The molecule has 2 rings (SSSR count). The Bertz CT molecular complexity index is 515. The van der Waals surface area contributed by atoms with E-state index in [1.807, 2.05) is 10.9 Å². The second-order valence-corrected chi connectivity index (χ2v) is 6.36. The second kappa shape index (κ2) is 7.05. The molecule has 19 heavy (non-hydrogen) atoms. The molecule has 0 aliphatic carbocycles. The van der Waals surface area contributed by atoms with Gasteiger partial charge in [0.2, 0.25) is 0 Å². The van der Waals surface area contributed by atoms with E-state index in [1.54, 1.807) is 23.9 Å². The molecule has 102 valence electrons. The summed E-state index contributed by atoms with van der Waals surface area (Å²) in [6.45, 7) is 2.89. The Hall–Kier alpha value is -0.880. The van der Waals surface area contributed by atoms with Crippen molar-refractivity contribution in [1.82, 2.24) is 15.0 Å². The highest BCUT2D eigenvalue weighted by Gasteiger charge is 2.09. The molecule has 0 N–H and O–H groups in total. The molecule has 1 heterocycles. The summed E-state index contributed by atoms with van der Waals surface area (Å²) in [4.78, 5) is 1.33. The monoisotopic (exact) mass is 343 g/mol. The highest BCUT2D eigenvalue weighted by molar-refractivity contribution is 9.09. The van der Waals surface area contributed by atoms with E-state index in [0.717, 1.165) is 29.3 Å². The SMILES string of the molecule is CCC(Br)c1cn(CCSc2ccc(F)cc2)nn1. The van der Waals surface area contributed by atoms with Crippen LogP contribution in [-0.2, 0) is 6.54 Å². The number of benzene rings is 1. The summed E-state index contributed by atoms with van der Waals surface area (Å²) in [5.74, 6) is 0.682. The lowest BCUT2D eigenvalue weighted by atomic mass is 10.3. The molecule has 0 bridgehead atoms. The van der Waals surface area contributed by atoms with Gasteiger partial charge in [0.1, 0.15) is 5.82 Å². The van der Waals surface area contributed by atoms with E-state index in [1.165, 1.54) is 12.1 Å². The van der Waals surface area contributed by atoms with Crippen LogP contribution in [0.3, 0.4) is 0 Å². The highest BCUT2D eigenvalue weighted by Crippen LogP contribution is 2.23. The Labute approximate surface area is 124 Å².